The zero-order valence-corrected chi connectivity index (χ0v) is 9.26. The van der Waals surface area contributed by atoms with E-state index in [2.05, 4.69) is 10.3 Å². The minimum atomic E-state index is -0.735. The Balaban J connectivity index is 2.03. The molecule has 1 heterocycles. The summed E-state index contributed by atoms with van der Waals surface area (Å²) in [5.74, 6) is -1.00. The fourth-order valence-corrected chi connectivity index (χ4v) is 2.17. The summed E-state index contributed by atoms with van der Waals surface area (Å²) in [6.07, 6.45) is 3.68. The molecule has 5 nitrogen and oxygen atoms in total. The van der Waals surface area contributed by atoms with Gasteiger partial charge in [-0.25, -0.2) is 4.98 Å². The highest BCUT2D eigenvalue weighted by Gasteiger charge is 2.29. The molecule has 2 rings (SSSR count). The molecule has 0 saturated heterocycles. The van der Waals surface area contributed by atoms with Crippen molar-refractivity contribution in [2.75, 3.05) is 5.32 Å². The number of nitrogens with one attached hydrogen (secondary N) is 1. The van der Waals surface area contributed by atoms with E-state index in [1.165, 1.54) is 0 Å². The number of aliphatic carboxylic acids is 1. The van der Waals surface area contributed by atoms with Crippen LogP contribution in [0.2, 0.25) is 0 Å². The number of pyridine rings is 1. The number of nitrogens with zero attached hydrogens (tertiary/aromatic N) is 2. The normalized spacial score (nSPS) is 23.0. The van der Waals surface area contributed by atoms with E-state index in [1.807, 2.05) is 6.07 Å². The molecule has 5 heteroatoms. The molecule has 2 N–H and O–H groups in total. The van der Waals surface area contributed by atoms with E-state index in [0.29, 0.717) is 24.2 Å². The van der Waals surface area contributed by atoms with Crippen LogP contribution in [0.15, 0.2) is 18.3 Å². The van der Waals surface area contributed by atoms with Crippen LogP contribution in [-0.4, -0.2) is 22.1 Å². The summed E-state index contributed by atoms with van der Waals surface area (Å²) in [7, 11) is 0. The van der Waals surface area contributed by atoms with E-state index in [0.717, 1.165) is 6.42 Å². The molecule has 2 atom stereocenters. The summed E-state index contributed by atoms with van der Waals surface area (Å²) in [5, 5.41) is 21.0. The molecule has 0 spiro atoms. The molecule has 17 heavy (non-hydrogen) atoms. The zero-order valence-electron chi connectivity index (χ0n) is 9.26. The lowest BCUT2D eigenvalue weighted by atomic mass is 10.1. The SMILES string of the molecule is N#Cc1ncccc1NC1CCC(C(=O)O)C1. The summed E-state index contributed by atoms with van der Waals surface area (Å²) >= 11 is 0. The maximum atomic E-state index is 10.8. The van der Waals surface area contributed by atoms with Crippen LogP contribution in [0.5, 0.6) is 0 Å². The van der Waals surface area contributed by atoms with Gasteiger partial charge in [0.15, 0.2) is 5.69 Å². The van der Waals surface area contributed by atoms with E-state index in [9.17, 15) is 4.79 Å². The van der Waals surface area contributed by atoms with E-state index in [1.54, 1.807) is 18.3 Å². The summed E-state index contributed by atoms with van der Waals surface area (Å²) in [6, 6.07) is 5.68. The van der Waals surface area contributed by atoms with E-state index >= 15 is 0 Å². The van der Waals surface area contributed by atoms with Crippen molar-refractivity contribution in [2.45, 2.75) is 25.3 Å². The second kappa shape index (κ2) is 4.83. The monoisotopic (exact) mass is 231 g/mol. The Bertz CT molecular complexity index is 467. The average molecular weight is 231 g/mol. The highest BCUT2D eigenvalue weighted by Crippen LogP contribution is 2.28. The number of nitriles is 1. The maximum absolute atomic E-state index is 10.8. The van der Waals surface area contributed by atoms with E-state index < -0.39 is 5.97 Å². The first kappa shape index (κ1) is 11.4. The van der Waals surface area contributed by atoms with Crippen LogP contribution in [0.3, 0.4) is 0 Å². The van der Waals surface area contributed by atoms with Gasteiger partial charge in [-0.1, -0.05) is 0 Å². The number of anilines is 1. The minimum Gasteiger partial charge on any atom is -0.481 e. The van der Waals surface area contributed by atoms with Crippen LogP contribution in [0, 0.1) is 17.2 Å². The van der Waals surface area contributed by atoms with Gasteiger partial charge < -0.3 is 10.4 Å². The Morgan fingerprint density at radius 1 is 1.59 bits per heavy atom. The Morgan fingerprint density at radius 2 is 2.41 bits per heavy atom. The molecule has 0 bridgehead atoms. The van der Waals surface area contributed by atoms with Crippen molar-refractivity contribution in [3.8, 4) is 6.07 Å². The molecule has 1 aromatic heterocycles. The number of carbonyl (C=O) groups is 1. The molecule has 0 amide bonds. The number of hydrogen-bond acceptors (Lipinski definition) is 4. The predicted molar refractivity (Wildman–Crippen MR) is 61.3 cm³/mol. The number of carboxylic acids is 1. The van der Waals surface area contributed by atoms with Gasteiger partial charge in [-0.3, -0.25) is 4.79 Å². The van der Waals surface area contributed by atoms with E-state index in [4.69, 9.17) is 10.4 Å². The quantitative estimate of drug-likeness (QED) is 0.825. The van der Waals surface area contributed by atoms with Gasteiger partial charge in [0.05, 0.1) is 11.6 Å². The molecule has 1 aliphatic carbocycles. The second-order valence-electron chi connectivity index (χ2n) is 4.20. The zero-order chi connectivity index (χ0) is 12.3. The predicted octanol–water partition coefficient (Wildman–Crippen LogP) is 1.62. The van der Waals surface area contributed by atoms with E-state index in [-0.39, 0.29) is 12.0 Å². The number of rotatable bonds is 3. The third-order valence-corrected chi connectivity index (χ3v) is 3.06. The van der Waals surface area contributed by atoms with Gasteiger partial charge in [0.2, 0.25) is 0 Å². The summed E-state index contributed by atoms with van der Waals surface area (Å²) < 4.78 is 0. The smallest absolute Gasteiger partial charge is 0.306 e. The van der Waals surface area contributed by atoms with Gasteiger partial charge in [0.25, 0.3) is 0 Å². The second-order valence-corrected chi connectivity index (χ2v) is 4.20. The number of aromatic nitrogens is 1. The third kappa shape index (κ3) is 2.53. The van der Waals surface area contributed by atoms with Crippen molar-refractivity contribution in [3.05, 3.63) is 24.0 Å². The van der Waals surface area contributed by atoms with Gasteiger partial charge >= 0.3 is 5.97 Å². The highest BCUT2D eigenvalue weighted by atomic mass is 16.4. The molecule has 1 fully saturated rings. The Morgan fingerprint density at radius 3 is 3.06 bits per heavy atom. The first-order valence-electron chi connectivity index (χ1n) is 5.55. The number of hydrogen-bond donors (Lipinski definition) is 2. The maximum Gasteiger partial charge on any atom is 0.306 e. The van der Waals surface area contributed by atoms with Crippen LogP contribution in [-0.2, 0) is 4.79 Å². The van der Waals surface area contributed by atoms with Crippen LogP contribution in [0.4, 0.5) is 5.69 Å². The first-order chi connectivity index (χ1) is 8.20. The largest absolute Gasteiger partial charge is 0.481 e. The summed E-state index contributed by atoms with van der Waals surface area (Å²) in [5.41, 5.74) is 1.04. The molecular formula is C12H13N3O2. The molecule has 0 aliphatic heterocycles. The lowest BCUT2D eigenvalue weighted by Crippen LogP contribution is -2.18. The van der Waals surface area contributed by atoms with Gasteiger partial charge in [0.1, 0.15) is 6.07 Å². The van der Waals surface area contributed by atoms with Gasteiger partial charge in [0, 0.05) is 12.2 Å². The molecular weight excluding hydrogens is 218 g/mol. The molecule has 1 aromatic rings. The van der Waals surface area contributed by atoms with Gasteiger partial charge in [-0.15, -0.1) is 0 Å². The van der Waals surface area contributed by atoms with Crippen LogP contribution >= 0.6 is 0 Å². The van der Waals surface area contributed by atoms with Crippen molar-refractivity contribution in [1.29, 1.82) is 5.26 Å². The van der Waals surface area contributed by atoms with Crippen LogP contribution in [0.1, 0.15) is 25.0 Å². The first-order valence-corrected chi connectivity index (χ1v) is 5.55. The molecule has 0 radical (unpaired) electrons. The van der Waals surface area contributed by atoms with Crippen LogP contribution in [0.25, 0.3) is 0 Å². The van der Waals surface area contributed by atoms with Crippen molar-refractivity contribution in [2.24, 2.45) is 5.92 Å². The van der Waals surface area contributed by atoms with Crippen LogP contribution < -0.4 is 5.32 Å². The van der Waals surface area contributed by atoms with Crippen molar-refractivity contribution >= 4 is 11.7 Å². The Hall–Kier alpha value is -2.09. The molecule has 2 unspecified atom stereocenters. The summed E-state index contributed by atoms with van der Waals surface area (Å²) in [4.78, 5) is 14.8. The molecule has 0 aromatic carbocycles. The number of carboxylic acid groups (broad SMARTS) is 1. The fourth-order valence-electron chi connectivity index (χ4n) is 2.17. The van der Waals surface area contributed by atoms with Crippen molar-refractivity contribution in [1.82, 2.24) is 4.98 Å². The fraction of sp³-hybridized carbons (Fsp3) is 0.417. The standard InChI is InChI=1S/C12H13N3O2/c13-7-11-10(2-1-5-14-11)15-9-4-3-8(6-9)12(16)17/h1-2,5,8-9,15H,3-4,6H2,(H,16,17). The highest BCUT2D eigenvalue weighted by molar-refractivity contribution is 5.70. The van der Waals surface area contributed by atoms with Gasteiger partial charge in [-0.05, 0) is 31.4 Å². The lowest BCUT2D eigenvalue weighted by Gasteiger charge is -2.14. The Kier molecular flexibility index (Phi) is 3.24. The average Bonchev–Trinajstić information content (AvgIpc) is 2.78. The molecule has 1 aliphatic rings. The third-order valence-electron chi connectivity index (χ3n) is 3.06. The lowest BCUT2D eigenvalue weighted by molar-refractivity contribution is -0.141. The topological polar surface area (TPSA) is 86.0 Å². The van der Waals surface area contributed by atoms with Crippen molar-refractivity contribution in [3.63, 3.8) is 0 Å². The molecule has 1 saturated carbocycles. The summed E-state index contributed by atoms with van der Waals surface area (Å²) in [6.45, 7) is 0. The van der Waals surface area contributed by atoms with Crippen molar-refractivity contribution < 1.29 is 9.90 Å². The Labute approximate surface area is 99.1 Å². The van der Waals surface area contributed by atoms with Gasteiger partial charge in [-0.2, -0.15) is 5.26 Å². The minimum absolute atomic E-state index is 0.118. The molecule has 88 valence electrons.